The number of furan rings is 1. The molecule has 2 heterocycles. The van der Waals surface area contributed by atoms with Crippen LogP contribution in [-0.2, 0) is 15.6 Å². The first kappa shape index (κ1) is 19.4. The normalized spacial score (nSPS) is 11.7. The van der Waals surface area contributed by atoms with E-state index in [4.69, 9.17) is 20.5 Å². The highest BCUT2D eigenvalue weighted by Crippen LogP contribution is 2.29. The van der Waals surface area contributed by atoms with Crippen molar-refractivity contribution in [2.24, 2.45) is 0 Å². The maximum absolute atomic E-state index is 12.7. The molecular formula is C21H17ClN2O4S. The van der Waals surface area contributed by atoms with E-state index in [2.05, 4.69) is 10.1 Å². The minimum atomic E-state index is -3.54. The number of halogens is 1. The van der Waals surface area contributed by atoms with Gasteiger partial charge in [0.25, 0.3) is 5.89 Å². The molecule has 0 unspecified atom stereocenters. The molecule has 0 fully saturated rings. The predicted molar refractivity (Wildman–Crippen MR) is 109 cm³/mol. The van der Waals surface area contributed by atoms with Crippen LogP contribution in [0.3, 0.4) is 0 Å². The summed E-state index contributed by atoms with van der Waals surface area (Å²) in [4.78, 5) is 4.56. The van der Waals surface area contributed by atoms with Crippen molar-refractivity contribution in [2.45, 2.75) is 24.5 Å². The number of aromatic nitrogens is 2. The molecule has 29 heavy (non-hydrogen) atoms. The van der Waals surface area contributed by atoms with E-state index < -0.39 is 9.84 Å². The second-order valence-corrected chi connectivity index (χ2v) is 9.07. The molecular weight excluding hydrogens is 412 g/mol. The van der Waals surface area contributed by atoms with E-state index in [1.54, 1.807) is 42.5 Å². The molecule has 0 saturated heterocycles. The number of benzene rings is 2. The summed E-state index contributed by atoms with van der Waals surface area (Å²) in [5.41, 5.74) is 2.59. The zero-order valence-electron chi connectivity index (χ0n) is 15.7. The van der Waals surface area contributed by atoms with E-state index in [-0.39, 0.29) is 22.3 Å². The van der Waals surface area contributed by atoms with Crippen molar-refractivity contribution in [3.8, 4) is 23.0 Å². The topological polar surface area (TPSA) is 86.2 Å². The van der Waals surface area contributed by atoms with Gasteiger partial charge in [-0.05, 0) is 61.4 Å². The van der Waals surface area contributed by atoms with Crippen LogP contribution in [0.5, 0.6) is 0 Å². The quantitative estimate of drug-likeness (QED) is 0.432. The molecule has 0 amide bonds. The highest BCUT2D eigenvalue weighted by atomic mass is 35.5. The molecule has 4 aromatic rings. The molecule has 8 heteroatoms. The molecule has 6 nitrogen and oxygen atoms in total. The molecule has 0 aliphatic heterocycles. The van der Waals surface area contributed by atoms with E-state index >= 15 is 0 Å². The Morgan fingerprint density at radius 1 is 1.00 bits per heavy atom. The number of hydrogen-bond donors (Lipinski definition) is 0. The Bertz CT molecular complexity index is 1290. The van der Waals surface area contributed by atoms with Crippen LogP contribution in [0.4, 0.5) is 0 Å². The van der Waals surface area contributed by atoms with Gasteiger partial charge in [0.2, 0.25) is 5.82 Å². The molecule has 2 aromatic carbocycles. The van der Waals surface area contributed by atoms with E-state index in [1.807, 2.05) is 26.0 Å². The SMILES string of the molecule is Cc1ccc(S(=O)(=O)Cc2ccc(-c3nc(-c4ccccc4Cl)no3)o2)cc1C. The highest BCUT2D eigenvalue weighted by molar-refractivity contribution is 7.90. The van der Waals surface area contributed by atoms with Crippen LogP contribution in [-0.4, -0.2) is 18.6 Å². The van der Waals surface area contributed by atoms with Crippen LogP contribution in [0.1, 0.15) is 16.9 Å². The van der Waals surface area contributed by atoms with E-state index in [1.165, 1.54) is 0 Å². The third kappa shape index (κ3) is 3.97. The van der Waals surface area contributed by atoms with E-state index in [0.717, 1.165) is 11.1 Å². The standard InChI is InChI=1S/C21H17ClN2O4S/c1-13-7-9-16(11-14(13)2)29(25,26)12-15-8-10-19(27-15)21-23-20(24-28-21)17-5-3-4-6-18(17)22/h3-11H,12H2,1-2H3. The number of sulfone groups is 1. The molecule has 0 spiro atoms. The summed E-state index contributed by atoms with van der Waals surface area (Å²) in [6.07, 6.45) is 0. The van der Waals surface area contributed by atoms with Crippen LogP contribution in [0.15, 0.2) is 68.4 Å². The molecule has 0 N–H and O–H groups in total. The third-order valence-corrected chi connectivity index (χ3v) is 6.55. The Morgan fingerprint density at radius 2 is 1.79 bits per heavy atom. The zero-order chi connectivity index (χ0) is 20.6. The van der Waals surface area contributed by atoms with E-state index in [0.29, 0.717) is 22.2 Å². The fraction of sp³-hybridized carbons (Fsp3) is 0.143. The summed E-state index contributed by atoms with van der Waals surface area (Å²) in [6.45, 7) is 3.82. The minimum Gasteiger partial charge on any atom is -0.455 e. The van der Waals surface area contributed by atoms with Gasteiger partial charge < -0.3 is 8.94 Å². The largest absolute Gasteiger partial charge is 0.455 e. The third-order valence-electron chi connectivity index (χ3n) is 4.58. The first-order valence-electron chi connectivity index (χ1n) is 8.81. The smallest absolute Gasteiger partial charge is 0.293 e. The first-order valence-corrected chi connectivity index (χ1v) is 10.8. The summed E-state index contributed by atoms with van der Waals surface area (Å²) in [5.74, 6) is 0.791. The van der Waals surface area contributed by atoms with Gasteiger partial charge in [-0.25, -0.2) is 8.42 Å². The van der Waals surface area contributed by atoms with Crippen molar-refractivity contribution in [1.82, 2.24) is 10.1 Å². The summed E-state index contributed by atoms with van der Waals surface area (Å²) in [5, 5.41) is 4.42. The molecule has 4 rings (SSSR count). The van der Waals surface area contributed by atoms with Gasteiger partial charge in [-0.3, -0.25) is 0 Å². The maximum atomic E-state index is 12.7. The maximum Gasteiger partial charge on any atom is 0.293 e. The fourth-order valence-electron chi connectivity index (χ4n) is 2.82. The van der Waals surface area contributed by atoms with Crippen molar-refractivity contribution in [2.75, 3.05) is 0 Å². The lowest BCUT2D eigenvalue weighted by Crippen LogP contribution is -2.05. The summed E-state index contributed by atoms with van der Waals surface area (Å²) < 4.78 is 36.3. The Morgan fingerprint density at radius 3 is 2.55 bits per heavy atom. The lowest BCUT2D eigenvalue weighted by molar-refractivity contribution is 0.413. The Balaban J connectivity index is 1.57. The van der Waals surface area contributed by atoms with Crippen molar-refractivity contribution in [3.05, 3.63) is 76.5 Å². The molecule has 0 saturated carbocycles. The first-order chi connectivity index (χ1) is 13.8. The number of aryl methyl sites for hydroxylation is 2. The number of rotatable bonds is 5. The van der Waals surface area contributed by atoms with Crippen LogP contribution >= 0.6 is 11.6 Å². The molecule has 0 aliphatic rings. The van der Waals surface area contributed by atoms with Gasteiger partial charge in [-0.1, -0.05) is 35.0 Å². The summed E-state index contributed by atoms with van der Waals surface area (Å²) >= 11 is 6.16. The predicted octanol–water partition coefficient (Wildman–Crippen LogP) is 5.24. The Kier molecular flexibility index (Phi) is 5.02. The van der Waals surface area contributed by atoms with Crippen molar-refractivity contribution >= 4 is 21.4 Å². The Labute approximate surface area is 173 Å². The van der Waals surface area contributed by atoms with Crippen molar-refractivity contribution in [1.29, 1.82) is 0 Å². The second kappa shape index (κ2) is 7.50. The number of nitrogens with zero attached hydrogens (tertiary/aromatic N) is 2. The second-order valence-electron chi connectivity index (χ2n) is 6.67. The average molecular weight is 429 g/mol. The highest BCUT2D eigenvalue weighted by Gasteiger charge is 2.21. The zero-order valence-corrected chi connectivity index (χ0v) is 17.3. The van der Waals surface area contributed by atoms with Gasteiger partial charge in [0, 0.05) is 5.56 Å². The van der Waals surface area contributed by atoms with Gasteiger partial charge in [-0.2, -0.15) is 4.98 Å². The summed E-state index contributed by atoms with van der Waals surface area (Å²) in [6, 6.07) is 15.4. The monoisotopic (exact) mass is 428 g/mol. The lowest BCUT2D eigenvalue weighted by atomic mass is 10.1. The van der Waals surface area contributed by atoms with Crippen molar-refractivity contribution < 1.29 is 17.4 Å². The molecule has 2 aromatic heterocycles. The van der Waals surface area contributed by atoms with E-state index in [9.17, 15) is 8.42 Å². The molecule has 0 radical (unpaired) electrons. The fourth-order valence-corrected chi connectivity index (χ4v) is 4.37. The number of hydrogen-bond acceptors (Lipinski definition) is 6. The van der Waals surface area contributed by atoms with Gasteiger partial charge in [0.05, 0.1) is 9.92 Å². The van der Waals surface area contributed by atoms with Crippen LogP contribution < -0.4 is 0 Å². The molecule has 148 valence electrons. The van der Waals surface area contributed by atoms with Crippen molar-refractivity contribution in [3.63, 3.8) is 0 Å². The Hall–Kier alpha value is -2.90. The van der Waals surface area contributed by atoms with Gasteiger partial charge >= 0.3 is 0 Å². The molecule has 0 bridgehead atoms. The average Bonchev–Trinajstić information content (AvgIpc) is 3.33. The van der Waals surface area contributed by atoms with Crippen LogP contribution in [0, 0.1) is 13.8 Å². The van der Waals surface area contributed by atoms with Gasteiger partial charge in [0.15, 0.2) is 15.6 Å². The minimum absolute atomic E-state index is 0.148. The molecule has 0 aliphatic carbocycles. The van der Waals surface area contributed by atoms with Crippen LogP contribution in [0.2, 0.25) is 5.02 Å². The van der Waals surface area contributed by atoms with Gasteiger partial charge in [-0.15, -0.1) is 0 Å². The molecule has 0 atom stereocenters. The lowest BCUT2D eigenvalue weighted by Gasteiger charge is -2.05. The summed E-state index contributed by atoms with van der Waals surface area (Å²) in [7, 11) is -3.54. The van der Waals surface area contributed by atoms with Gasteiger partial charge in [0.1, 0.15) is 11.5 Å². The van der Waals surface area contributed by atoms with Crippen LogP contribution in [0.25, 0.3) is 23.0 Å².